The summed E-state index contributed by atoms with van der Waals surface area (Å²) >= 11 is 0. The van der Waals surface area contributed by atoms with E-state index in [1.807, 2.05) is 48.7 Å². The van der Waals surface area contributed by atoms with Gasteiger partial charge in [0.15, 0.2) is 23.3 Å². The molecule has 0 unspecified atom stereocenters. The first kappa shape index (κ1) is 33.4. The lowest BCUT2D eigenvalue weighted by Gasteiger charge is -2.13. The quantitative estimate of drug-likeness (QED) is 0.158. The highest BCUT2D eigenvalue weighted by atomic mass is 15.0. The van der Waals surface area contributed by atoms with E-state index in [0.717, 1.165) is 88.0 Å². The van der Waals surface area contributed by atoms with Crippen LogP contribution in [0.1, 0.15) is 0 Å². The van der Waals surface area contributed by atoms with Crippen LogP contribution in [-0.4, -0.2) is 29.9 Å². The van der Waals surface area contributed by atoms with Gasteiger partial charge < -0.3 is 0 Å². The average Bonchev–Trinajstić information content (AvgIpc) is 3.31. The Labute approximate surface area is 334 Å². The van der Waals surface area contributed by atoms with Crippen LogP contribution in [0.25, 0.3) is 111 Å². The molecule has 270 valence electrons. The van der Waals surface area contributed by atoms with E-state index in [9.17, 15) is 0 Å². The maximum atomic E-state index is 5.23. The maximum absolute atomic E-state index is 5.23. The number of para-hydroxylation sites is 1. The maximum Gasteiger partial charge on any atom is 0.165 e. The Morgan fingerprint density at radius 1 is 0.276 bits per heavy atom. The SMILES string of the molecule is c1ccc(-c2nc(-c3ccccc3)c3ccc4ccc(-c5cccc(-c6nc(-c7ccc8ccccc8c7)nc(-c7cnc8ccccc8c7)n6)c5)cc4c3n2)cc1. The van der Waals surface area contributed by atoms with Crippen LogP contribution >= 0.6 is 0 Å². The molecule has 0 bridgehead atoms. The predicted octanol–water partition coefficient (Wildman–Crippen LogP) is 12.7. The molecule has 6 nitrogen and oxygen atoms in total. The van der Waals surface area contributed by atoms with Crippen molar-refractivity contribution in [3.8, 4) is 67.9 Å². The van der Waals surface area contributed by atoms with E-state index >= 15 is 0 Å². The largest absolute Gasteiger partial charge is 0.255 e. The monoisotopic (exact) mass is 740 g/mol. The fourth-order valence-electron chi connectivity index (χ4n) is 7.75. The van der Waals surface area contributed by atoms with Gasteiger partial charge in [-0.05, 0) is 63.7 Å². The van der Waals surface area contributed by atoms with Crippen LogP contribution in [0.4, 0.5) is 0 Å². The molecular weight excluding hydrogens is 709 g/mol. The molecule has 0 N–H and O–H groups in total. The Morgan fingerprint density at radius 2 is 0.828 bits per heavy atom. The van der Waals surface area contributed by atoms with Crippen molar-refractivity contribution in [1.82, 2.24) is 29.9 Å². The van der Waals surface area contributed by atoms with Crippen molar-refractivity contribution in [2.75, 3.05) is 0 Å². The first-order valence-electron chi connectivity index (χ1n) is 19.3. The highest BCUT2D eigenvalue weighted by Gasteiger charge is 2.17. The number of hydrogen-bond donors (Lipinski definition) is 0. The number of benzene rings is 8. The van der Waals surface area contributed by atoms with E-state index in [2.05, 4.69) is 146 Å². The number of aromatic nitrogens is 6. The van der Waals surface area contributed by atoms with Crippen LogP contribution in [0, 0.1) is 0 Å². The van der Waals surface area contributed by atoms with Gasteiger partial charge in [-0.25, -0.2) is 24.9 Å². The van der Waals surface area contributed by atoms with Crippen LogP contribution in [0.3, 0.4) is 0 Å². The standard InChI is InChI=1S/C52H32N6/c1-3-13-35(14-4-1)47-44-27-26-34-23-24-39(31-45(34)48(44)55-49(54-47)36-15-5-2-6-16-36)38-19-11-20-41(29-38)50-56-51(42-25-22-33-12-7-8-17-37(33)28-42)58-52(57-50)43-30-40-18-9-10-21-46(40)53-32-43/h1-32H. The molecule has 0 radical (unpaired) electrons. The minimum Gasteiger partial charge on any atom is -0.255 e. The summed E-state index contributed by atoms with van der Waals surface area (Å²) in [6, 6.07) is 64.7. The molecule has 0 aliphatic carbocycles. The summed E-state index contributed by atoms with van der Waals surface area (Å²) < 4.78 is 0. The molecule has 0 atom stereocenters. The highest BCUT2D eigenvalue weighted by molar-refractivity contribution is 6.10. The zero-order valence-corrected chi connectivity index (χ0v) is 31.2. The summed E-state index contributed by atoms with van der Waals surface area (Å²) in [6.45, 7) is 0. The van der Waals surface area contributed by atoms with Gasteiger partial charge in [0.2, 0.25) is 0 Å². The summed E-state index contributed by atoms with van der Waals surface area (Å²) in [5, 5.41) is 6.48. The van der Waals surface area contributed by atoms with E-state index in [1.54, 1.807) is 0 Å². The lowest BCUT2D eigenvalue weighted by atomic mass is 9.96. The Kier molecular flexibility index (Phi) is 8.04. The molecule has 3 heterocycles. The van der Waals surface area contributed by atoms with Crippen molar-refractivity contribution in [1.29, 1.82) is 0 Å². The molecule has 3 aromatic heterocycles. The fraction of sp³-hybridized carbons (Fsp3) is 0. The topological polar surface area (TPSA) is 77.3 Å². The summed E-state index contributed by atoms with van der Waals surface area (Å²) in [5.41, 5.74) is 9.50. The van der Waals surface area contributed by atoms with Crippen LogP contribution in [-0.2, 0) is 0 Å². The predicted molar refractivity (Wildman–Crippen MR) is 236 cm³/mol. The Hall–Kier alpha value is -7.96. The zero-order valence-electron chi connectivity index (χ0n) is 31.2. The number of nitrogens with zero attached hydrogens (tertiary/aromatic N) is 6. The van der Waals surface area contributed by atoms with Crippen molar-refractivity contribution < 1.29 is 0 Å². The Bertz CT molecular complexity index is 3250. The summed E-state index contributed by atoms with van der Waals surface area (Å²) in [4.78, 5) is 30.3. The molecule has 11 aromatic rings. The van der Waals surface area contributed by atoms with Crippen LogP contribution < -0.4 is 0 Å². The van der Waals surface area contributed by atoms with Gasteiger partial charge in [-0.2, -0.15) is 0 Å². The van der Waals surface area contributed by atoms with Gasteiger partial charge in [-0.1, -0.05) is 152 Å². The number of fused-ring (bicyclic) bond motifs is 5. The van der Waals surface area contributed by atoms with Gasteiger partial charge in [-0.3, -0.25) is 4.98 Å². The molecule has 6 heteroatoms. The summed E-state index contributed by atoms with van der Waals surface area (Å²) in [6.07, 6.45) is 1.84. The minimum absolute atomic E-state index is 0.567. The first-order chi connectivity index (χ1) is 28.7. The lowest BCUT2D eigenvalue weighted by Crippen LogP contribution is -2.00. The molecule has 0 aliphatic rings. The lowest BCUT2D eigenvalue weighted by molar-refractivity contribution is 1.07. The molecule has 0 saturated carbocycles. The molecule has 58 heavy (non-hydrogen) atoms. The molecule has 0 spiro atoms. The van der Waals surface area contributed by atoms with Crippen LogP contribution in [0.5, 0.6) is 0 Å². The second-order valence-electron chi connectivity index (χ2n) is 14.4. The van der Waals surface area contributed by atoms with Crippen molar-refractivity contribution in [2.45, 2.75) is 0 Å². The highest BCUT2D eigenvalue weighted by Crippen LogP contribution is 2.36. The Balaban J connectivity index is 1.07. The number of hydrogen-bond acceptors (Lipinski definition) is 6. The third-order valence-electron chi connectivity index (χ3n) is 10.7. The smallest absolute Gasteiger partial charge is 0.165 e. The van der Waals surface area contributed by atoms with Gasteiger partial charge in [0.1, 0.15) is 0 Å². The van der Waals surface area contributed by atoms with Crippen molar-refractivity contribution in [3.63, 3.8) is 0 Å². The Morgan fingerprint density at radius 3 is 1.64 bits per heavy atom. The first-order valence-corrected chi connectivity index (χ1v) is 19.3. The second kappa shape index (κ2) is 14.0. The molecular formula is C52H32N6. The van der Waals surface area contributed by atoms with Gasteiger partial charge in [0, 0.05) is 50.2 Å². The summed E-state index contributed by atoms with van der Waals surface area (Å²) in [7, 11) is 0. The third kappa shape index (κ3) is 6.10. The van der Waals surface area contributed by atoms with Crippen molar-refractivity contribution in [2.24, 2.45) is 0 Å². The average molecular weight is 741 g/mol. The molecule has 0 fully saturated rings. The van der Waals surface area contributed by atoms with Crippen LogP contribution in [0.15, 0.2) is 194 Å². The zero-order chi connectivity index (χ0) is 38.4. The fourth-order valence-corrected chi connectivity index (χ4v) is 7.75. The van der Waals surface area contributed by atoms with Gasteiger partial charge >= 0.3 is 0 Å². The second-order valence-corrected chi connectivity index (χ2v) is 14.4. The third-order valence-corrected chi connectivity index (χ3v) is 10.7. The molecule has 0 aliphatic heterocycles. The van der Waals surface area contributed by atoms with Crippen LogP contribution in [0.2, 0.25) is 0 Å². The van der Waals surface area contributed by atoms with E-state index in [0.29, 0.717) is 23.3 Å². The molecule has 0 amide bonds. The summed E-state index contributed by atoms with van der Waals surface area (Å²) in [5.74, 6) is 2.45. The molecule has 11 rings (SSSR count). The van der Waals surface area contributed by atoms with Gasteiger partial charge in [0.25, 0.3) is 0 Å². The normalized spacial score (nSPS) is 11.4. The van der Waals surface area contributed by atoms with E-state index < -0.39 is 0 Å². The number of rotatable bonds is 6. The van der Waals surface area contributed by atoms with Crippen molar-refractivity contribution >= 4 is 43.4 Å². The molecule has 8 aromatic carbocycles. The van der Waals surface area contributed by atoms with E-state index in [-0.39, 0.29) is 0 Å². The number of pyridine rings is 1. The van der Waals surface area contributed by atoms with Gasteiger partial charge in [-0.15, -0.1) is 0 Å². The van der Waals surface area contributed by atoms with Crippen molar-refractivity contribution in [3.05, 3.63) is 194 Å². The van der Waals surface area contributed by atoms with Gasteiger partial charge in [0.05, 0.1) is 16.7 Å². The van der Waals surface area contributed by atoms with E-state index in [4.69, 9.17) is 29.9 Å². The minimum atomic E-state index is 0.567. The molecule has 0 saturated heterocycles. The van der Waals surface area contributed by atoms with E-state index in [1.165, 1.54) is 0 Å².